The van der Waals surface area contributed by atoms with Crippen LogP contribution >= 0.6 is 0 Å². The molecular weight excluding hydrogens is 516 g/mol. The number of para-hydroxylation sites is 1. The Morgan fingerprint density at radius 2 is 1.12 bits per heavy atom. The molecule has 0 saturated heterocycles. The number of nitrogens with zero attached hydrogens (tertiary/aromatic N) is 6. The lowest BCUT2D eigenvalue weighted by molar-refractivity contribution is 0.994. The standard InChI is InChI=1S/C34H32N6.C2H6/c1-7-14-27(8-2)39(33-35-23(3)21-24(4)36-33)31-19-12-18-30-29(31)17-13-20-32(30)40(28-15-10-9-11-16-28)34-37-25(5)22-26(6)38-34;1-2/h7-22H,1-2H2,3-6H3;1-2H3/b27-14+;. The van der Waals surface area contributed by atoms with Gasteiger partial charge in [-0.3, -0.25) is 9.80 Å². The zero-order chi connectivity index (χ0) is 30.2. The van der Waals surface area contributed by atoms with Gasteiger partial charge in [0.25, 0.3) is 0 Å². The van der Waals surface area contributed by atoms with Crippen LogP contribution in [-0.2, 0) is 0 Å². The number of fused-ring (bicyclic) bond motifs is 1. The van der Waals surface area contributed by atoms with Crippen LogP contribution in [0.5, 0.6) is 0 Å². The van der Waals surface area contributed by atoms with Gasteiger partial charge in [-0.2, -0.15) is 0 Å². The van der Waals surface area contributed by atoms with Crippen molar-refractivity contribution in [1.29, 1.82) is 0 Å². The number of aromatic nitrogens is 4. The summed E-state index contributed by atoms with van der Waals surface area (Å²) in [5, 5.41) is 2.05. The lowest BCUT2D eigenvalue weighted by Crippen LogP contribution is -2.19. The normalized spacial score (nSPS) is 11.0. The van der Waals surface area contributed by atoms with Gasteiger partial charge >= 0.3 is 0 Å². The molecule has 5 rings (SSSR count). The summed E-state index contributed by atoms with van der Waals surface area (Å²) in [6.45, 7) is 19.9. The minimum Gasteiger partial charge on any atom is -0.279 e. The molecule has 0 atom stereocenters. The molecule has 0 amide bonds. The van der Waals surface area contributed by atoms with Crippen molar-refractivity contribution >= 4 is 39.7 Å². The third-order valence-corrected chi connectivity index (χ3v) is 6.47. The summed E-state index contributed by atoms with van der Waals surface area (Å²) < 4.78 is 0. The highest BCUT2D eigenvalue weighted by atomic mass is 15.3. The van der Waals surface area contributed by atoms with Gasteiger partial charge in [-0.25, -0.2) is 19.9 Å². The van der Waals surface area contributed by atoms with Gasteiger partial charge in [0.05, 0.1) is 11.4 Å². The number of allylic oxidation sites excluding steroid dienone is 3. The van der Waals surface area contributed by atoms with E-state index in [9.17, 15) is 0 Å². The molecule has 0 spiro atoms. The van der Waals surface area contributed by atoms with Gasteiger partial charge in [-0.1, -0.05) is 75.5 Å². The zero-order valence-electron chi connectivity index (χ0n) is 25.3. The number of hydrogen-bond acceptors (Lipinski definition) is 6. The van der Waals surface area contributed by atoms with Crippen LogP contribution in [0, 0.1) is 27.7 Å². The van der Waals surface area contributed by atoms with Crippen molar-refractivity contribution in [2.45, 2.75) is 41.5 Å². The summed E-state index contributed by atoms with van der Waals surface area (Å²) in [6, 6.07) is 26.7. The van der Waals surface area contributed by atoms with E-state index in [0.717, 1.165) is 56.3 Å². The van der Waals surface area contributed by atoms with E-state index in [1.54, 1.807) is 12.2 Å². The Morgan fingerprint density at radius 1 is 0.619 bits per heavy atom. The van der Waals surface area contributed by atoms with Crippen LogP contribution < -0.4 is 9.80 Å². The van der Waals surface area contributed by atoms with E-state index >= 15 is 0 Å². The molecule has 0 radical (unpaired) electrons. The van der Waals surface area contributed by atoms with Crippen molar-refractivity contribution in [3.05, 3.63) is 139 Å². The Kier molecular flexibility index (Phi) is 9.61. The van der Waals surface area contributed by atoms with Crippen molar-refractivity contribution in [2.24, 2.45) is 0 Å². The smallest absolute Gasteiger partial charge is 0.235 e. The fourth-order valence-corrected chi connectivity index (χ4v) is 4.94. The molecule has 0 fully saturated rings. The Balaban J connectivity index is 0.00000198. The van der Waals surface area contributed by atoms with Gasteiger partial charge in [0.15, 0.2) is 0 Å². The predicted octanol–water partition coefficient (Wildman–Crippen LogP) is 9.54. The average molecular weight is 555 g/mol. The van der Waals surface area contributed by atoms with E-state index < -0.39 is 0 Å². The second-order valence-corrected chi connectivity index (χ2v) is 9.59. The van der Waals surface area contributed by atoms with E-state index in [1.165, 1.54) is 0 Å². The van der Waals surface area contributed by atoms with Crippen molar-refractivity contribution in [3.63, 3.8) is 0 Å². The van der Waals surface area contributed by atoms with Gasteiger partial charge in [0, 0.05) is 44.9 Å². The molecule has 212 valence electrons. The summed E-state index contributed by atoms with van der Waals surface area (Å²) in [4.78, 5) is 23.4. The molecule has 0 bridgehead atoms. The topological polar surface area (TPSA) is 58.0 Å². The molecule has 2 heterocycles. The first-order valence-electron chi connectivity index (χ1n) is 14.2. The van der Waals surface area contributed by atoms with Crippen LogP contribution in [-0.4, -0.2) is 19.9 Å². The molecule has 0 aliphatic rings. The summed E-state index contributed by atoms with van der Waals surface area (Å²) in [5.74, 6) is 1.19. The highest BCUT2D eigenvalue weighted by molar-refractivity contribution is 6.05. The number of rotatable bonds is 8. The summed E-state index contributed by atoms with van der Waals surface area (Å²) >= 11 is 0. The fraction of sp³-hybridized carbons (Fsp3) is 0.167. The van der Waals surface area contributed by atoms with Gasteiger partial charge in [0.2, 0.25) is 11.9 Å². The highest BCUT2D eigenvalue weighted by Crippen LogP contribution is 2.41. The first-order valence-corrected chi connectivity index (χ1v) is 14.2. The Morgan fingerprint density at radius 3 is 1.64 bits per heavy atom. The van der Waals surface area contributed by atoms with E-state index in [2.05, 4.69) is 66.6 Å². The van der Waals surface area contributed by atoms with Crippen LogP contribution in [0.25, 0.3) is 10.8 Å². The van der Waals surface area contributed by atoms with Crippen molar-refractivity contribution in [1.82, 2.24) is 19.9 Å². The first-order chi connectivity index (χ1) is 20.4. The molecule has 42 heavy (non-hydrogen) atoms. The first kappa shape index (κ1) is 29.9. The SMILES string of the molecule is C=C/C=C(\C=C)N(c1nc(C)cc(C)n1)c1cccc2c(N(c3ccccc3)c3nc(C)cc(C)n3)cccc12.CC. The Labute approximate surface area is 249 Å². The number of benzene rings is 3. The lowest BCUT2D eigenvalue weighted by Gasteiger charge is -2.28. The van der Waals surface area contributed by atoms with E-state index in [0.29, 0.717) is 11.9 Å². The fourth-order valence-electron chi connectivity index (χ4n) is 4.94. The zero-order valence-corrected chi connectivity index (χ0v) is 25.3. The van der Waals surface area contributed by atoms with E-state index in [4.69, 9.17) is 19.9 Å². The maximum atomic E-state index is 4.84. The number of aryl methyl sites for hydroxylation is 4. The second-order valence-electron chi connectivity index (χ2n) is 9.59. The molecule has 3 aromatic carbocycles. The third kappa shape index (κ3) is 6.28. The van der Waals surface area contributed by atoms with Gasteiger partial charge in [-0.05, 0) is 76.2 Å². The minimum absolute atomic E-state index is 0.570. The largest absolute Gasteiger partial charge is 0.279 e. The molecule has 0 unspecified atom stereocenters. The molecule has 6 nitrogen and oxygen atoms in total. The van der Waals surface area contributed by atoms with Crippen LogP contribution in [0.15, 0.2) is 116 Å². The van der Waals surface area contributed by atoms with Crippen molar-refractivity contribution < 1.29 is 0 Å². The average Bonchev–Trinajstić information content (AvgIpc) is 2.98. The maximum Gasteiger partial charge on any atom is 0.235 e. The van der Waals surface area contributed by atoms with Gasteiger partial charge < -0.3 is 0 Å². The van der Waals surface area contributed by atoms with Gasteiger partial charge in [-0.15, -0.1) is 0 Å². The van der Waals surface area contributed by atoms with E-state index in [-0.39, 0.29) is 0 Å². The third-order valence-electron chi connectivity index (χ3n) is 6.47. The molecule has 2 aromatic heterocycles. The summed E-state index contributed by atoms with van der Waals surface area (Å²) in [6.07, 6.45) is 5.46. The van der Waals surface area contributed by atoms with Crippen molar-refractivity contribution in [3.8, 4) is 0 Å². The summed E-state index contributed by atoms with van der Waals surface area (Å²) in [7, 11) is 0. The van der Waals surface area contributed by atoms with Gasteiger partial charge in [0.1, 0.15) is 0 Å². The quantitative estimate of drug-likeness (QED) is 0.178. The van der Waals surface area contributed by atoms with Crippen LogP contribution in [0.4, 0.5) is 29.0 Å². The maximum absolute atomic E-state index is 4.84. The predicted molar refractivity (Wildman–Crippen MR) is 177 cm³/mol. The van der Waals surface area contributed by atoms with E-state index in [1.807, 2.05) is 82.9 Å². The molecule has 0 aliphatic carbocycles. The lowest BCUT2D eigenvalue weighted by atomic mass is 10.0. The van der Waals surface area contributed by atoms with Crippen molar-refractivity contribution in [2.75, 3.05) is 9.80 Å². The minimum atomic E-state index is 0.570. The molecule has 0 aliphatic heterocycles. The number of anilines is 5. The summed E-state index contributed by atoms with van der Waals surface area (Å²) in [5.41, 5.74) is 7.26. The molecule has 0 saturated carbocycles. The molecule has 0 N–H and O–H groups in total. The monoisotopic (exact) mass is 554 g/mol. The molecule has 6 heteroatoms. The molecule has 5 aromatic rings. The van der Waals surface area contributed by atoms with Crippen LogP contribution in [0.1, 0.15) is 36.6 Å². The Bertz CT molecular complexity index is 1700. The number of hydrogen-bond donors (Lipinski definition) is 0. The van der Waals surface area contributed by atoms with Crippen LogP contribution in [0.2, 0.25) is 0 Å². The van der Waals surface area contributed by atoms with Crippen LogP contribution in [0.3, 0.4) is 0 Å². The Hall–Kier alpha value is -5.10. The highest BCUT2D eigenvalue weighted by Gasteiger charge is 2.22. The second kappa shape index (κ2) is 13.5. The molecular formula is C36H38N6.